The molecule has 4 nitrogen and oxygen atoms in total. The molecule has 0 saturated heterocycles. The van der Waals surface area contributed by atoms with Crippen LogP contribution < -0.4 is 31.4 Å². The van der Waals surface area contributed by atoms with E-state index in [2.05, 4.69) is 258 Å². The van der Waals surface area contributed by atoms with Gasteiger partial charge in [-0.2, -0.15) is 0 Å². The fourth-order valence-corrected chi connectivity index (χ4v) is 11.5. The van der Waals surface area contributed by atoms with E-state index < -0.39 is 0 Å². The predicted molar refractivity (Wildman–Crippen MR) is 331 cm³/mol. The quantitative estimate of drug-likeness (QED) is 0.156. The molecule has 0 saturated carbocycles. The number of hydrogen-bond donors (Lipinski definition) is 2. The fourth-order valence-electron chi connectivity index (χ4n) is 10.3. The summed E-state index contributed by atoms with van der Waals surface area (Å²) >= 11 is 0. The van der Waals surface area contributed by atoms with Gasteiger partial charge in [0.2, 0.25) is 5.91 Å². The predicted octanol–water partition coefficient (Wildman–Crippen LogP) is 15.9. The average Bonchev–Trinajstić information content (AvgIpc) is 3.51. The maximum atomic E-state index is 11.8. The third-order valence-corrected chi connectivity index (χ3v) is 15.0. The van der Waals surface area contributed by atoms with Gasteiger partial charge >= 0.3 is 0 Å². The summed E-state index contributed by atoms with van der Waals surface area (Å²) in [5.41, 5.74) is 10.7. The summed E-state index contributed by atoms with van der Waals surface area (Å²) in [6.45, 7) is 4.59. The summed E-state index contributed by atoms with van der Waals surface area (Å²) in [6, 6.07) is 77.1. The van der Waals surface area contributed by atoms with Gasteiger partial charge in [0.25, 0.3) is 0 Å². The van der Waals surface area contributed by atoms with Crippen LogP contribution in [0.3, 0.4) is 0 Å². The molecular formula is C66H58Ar6N3OP3. The van der Waals surface area contributed by atoms with Gasteiger partial charge in [-0.05, 0) is 122 Å². The van der Waals surface area contributed by atoms with Crippen LogP contribution in [0.2, 0.25) is 0 Å². The number of hydrogen-bond acceptors (Lipinski definition) is 3. The first kappa shape index (κ1) is 71.6. The van der Waals surface area contributed by atoms with Crippen molar-refractivity contribution in [3.05, 3.63) is 218 Å². The molecular weight excluding hydrogens is 1180 g/mol. The van der Waals surface area contributed by atoms with Crippen molar-refractivity contribution in [1.82, 2.24) is 0 Å². The summed E-state index contributed by atoms with van der Waals surface area (Å²) in [5.74, 6) is -0.0675. The number of nitrogens with zero attached hydrogens (tertiary/aromatic N) is 1. The Morgan fingerprint density at radius 2 is 0.620 bits per heavy atom. The zero-order valence-corrected chi connectivity index (χ0v) is 51.4. The molecule has 12 aromatic carbocycles. The van der Waals surface area contributed by atoms with Crippen LogP contribution in [0.25, 0.3) is 98.0 Å². The zero-order valence-electron chi connectivity index (χ0n) is 43.7. The van der Waals surface area contributed by atoms with Crippen LogP contribution >= 0.6 is 27.7 Å². The molecule has 0 aliphatic rings. The van der Waals surface area contributed by atoms with Gasteiger partial charge in [0.1, 0.15) is 0 Å². The number of carbonyl (C=O) groups is 1. The van der Waals surface area contributed by atoms with Crippen molar-refractivity contribution in [2.75, 3.05) is 36.2 Å². The zero-order chi connectivity index (χ0) is 50.6. The molecule has 2 N–H and O–H groups in total. The maximum Gasteiger partial charge on any atom is 0.221 e. The normalized spacial score (nSPS) is 10.2. The largest absolute Gasteiger partial charge is 0.385 e. The molecule has 0 fully saturated rings. The summed E-state index contributed by atoms with van der Waals surface area (Å²) in [4.78, 5) is 14.0. The van der Waals surface area contributed by atoms with Crippen LogP contribution in [-0.4, -0.2) is 26.5 Å². The molecule has 0 radical (unpaired) electrons. The molecule has 0 aromatic heterocycles. The number of nitrogens with one attached hydrogen (secondary N) is 2. The minimum atomic E-state index is -0.0675. The second kappa shape index (κ2) is 33.9. The van der Waals surface area contributed by atoms with Crippen molar-refractivity contribution in [3.8, 4) is 33.4 Å². The van der Waals surface area contributed by atoms with E-state index in [0.717, 1.165) is 39.4 Å². The van der Waals surface area contributed by atoms with E-state index in [1.807, 2.05) is 24.3 Å². The van der Waals surface area contributed by atoms with Crippen LogP contribution in [0.5, 0.6) is 0 Å². The van der Waals surface area contributed by atoms with Gasteiger partial charge in [-0.25, -0.2) is 0 Å². The number of benzene rings is 12. The van der Waals surface area contributed by atoms with E-state index in [1.54, 1.807) is 6.92 Å². The van der Waals surface area contributed by atoms with Crippen LogP contribution in [0.4, 0.5) is 17.1 Å². The Morgan fingerprint density at radius 1 is 0.354 bits per heavy atom. The van der Waals surface area contributed by atoms with Gasteiger partial charge in [0.05, 0.1) is 0 Å². The molecule has 12 rings (SSSR count). The van der Waals surface area contributed by atoms with Gasteiger partial charge in [-0.15, -0.1) is 27.7 Å². The summed E-state index contributed by atoms with van der Waals surface area (Å²) in [7, 11) is 12.9. The van der Waals surface area contributed by atoms with Gasteiger partial charge in [0.15, 0.2) is 0 Å². The van der Waals surface area contributed by atoms with Crippen LogP contribution in [0, 0.1) is 226 Å². The van der Waals surface area contributed by atoms with Crippen molar-refractivity contribution in [2.24, 2.45) is 0 Å². The third-order valence-electron chi connectivity index (χ3n) is 13.6. The SMILES string of the molecule is CC(=O)Nc1ccc2ccccc2c1-c1c(P)ccc2ccccc12.CCNc1ccc2ccccc2c1-c1c(P)ccc2ccccc12.CN(C)c1ccc2ccccc2c1-c1c(P)ccc2ccccc12.[Ar].[Ar].[Ar].[Ar].[Ar].[Ar]. The Hall–Kier alpha value is 0.118. The van der Waals surface area contributed by atoms with Crippen molar-refractivity contribution in [3.63, 3.8) is 0 Å². The Kier molecular flexibility index (Phi) is 30.7. The van der Waals surface area contributed by atoms with Crippen molar-refractivity contribution < 1.29 is 231 Å². The van der Waals surface area contributed by atoms with E-state index >= 15 is 0 Å². The fraction of sp³-hybridized carbons (Fsp3) is 0.0758. The van der Waals surface area contributed by atoms with Gasteiger partial charge < -0.3 is 15.5 Å². The van der Waals surface area contributed by atoms with Crippen molar-refractivity contribution >= 4 is 131 Å². The minimum absolute atomic E-state index is 0. The molecule has 0 aliphatic heterocycles. The molecule has 3 unspecified atom stereocenters. The standard InChI is InChI=1S/C22H18NOP.2C22H20NP.6Ar/c1-14(24)23-19-12-10-15-6-2-4-8-17(15)21(19)22-18-9-5-3-7-16(18)11-13-20(22)25;1-23(2)19-13-11-15-7-3-5-9-17(15)21(19)22-18-10-6-4-8-16(18)12-14-20(22)24;1-2-23-19-13-11-15-7-3-5-9-17(15)21(19)22-18-10-6-4-8-16(18)12-14-20(22)24;;;;;;/h2-13H,25H2,1H3,(H,23,24);3-14H,24H2,1-2H3;3-14,23H,2,24H2,1H3;;;;;;. The minimum Gasteiger partial charge on any atom is -0.385 e. The average molecular weight is 1240 g/mol. The molecule has 79 heavy (non-hydrogen) atoms. The van der Waals surface area contributed by atoms with Crippen LogP contribution in [-0.2, 0) is 4.79 Å². The van der Waals surface area contributed by atoms with E-state index in [9.17, 15) is 4.79 Å². The first-order valence-electron chi connectivity index (χ1n) is 24.7. The summed E-state index contributed by atoms with van der Waals surface area (Å²) in [6.07, 6.45) is 0. The second-order valence-electron chi connectivity index (χ2n) is 18.5. The number of fused-ring (bicyclic) bond motifs is 6. The summed E-state index contributed by atoms with van der Waals surface area (Å²) < 4.78 is 0. The molecule has 406 valence electrons. The maximum absolute atomic E-state index is 11.8. The van der Waals surface area contributed by atoms with Gasteiger partial charge in [0, 0.05) is 288 Å². The van der Waals surface area contributed by atoms with Crippen molar-refractivity contribution in [2.45, 2.75) is 13.8 Å². The Bertz CT molecular complexity index is 4070. The van der Waals surface area contributed by atoms with E-state index in [-0.39, 0.29) is 232 Å². The number of anilines is 3. The van der Waals surface area contributed by atoms with Gasteiger partial charge in [-0.1, -0.05) is 200 Å². The van der Waals surface area contributed by atoms with Crippen LogP contribution in [0.15, 0.2) is 218 Å². The Labute approximate surface area is 652 Å². The van der Waals surface area contributed by atoms with E-state index in [1.165, 1.54) is 98.1 Å². The summed E-state index contributed by atoms with van der Waals surface area (Å²) in [5, 5.41) is 25.0. The Balaban J connectivity index is 0.000000246. The number of rotatable bonds is 7. The molecule has 0 heterocycles. The molecule has 0 bridgehead atoms. The monoisotopic (exact) mass is 1240 g/mol. The molecule has 0 aliphatic carbocycles. The van der Waals surface area contributed by atoms with Gasteiger partial charge in [-0.3, -0.25) is 4.79 Å². The number of amides is 1. The first-order chi connectivity index (χ1) is 35.6. The third kappa shape index (κ3) is 16.2. The van der Waals surface area contributed by atoms with E-state index in [0.29, 0.717) is 0 Å². The van der Waals surface area contributed by atoms with Crippen LogP contribution in [0.1, 0.15) is 13.8 Å². The second-order valence-corrected chi connectivity index (χ2v) is 20.3. The molecule has 0 spiro atoms. The smallest absolute Gasteiger partial charge is 0.221 e. The first-order valence-corrected chi connectivity index (χ1v) is 26.4. The molecule has 3 atom stereocenters. The molecule has 12 aromatic rings. The number of carbonyl (C=O) groups excluding carboxylic acids is 1. The van der Waals surface area contributed by atoms with E-state index in [4.69, 9.17) is 0 Å². The molecule has 1 amide bonds. The molecule has 13 heteroatoms. The van der Waals surface area contributed by atoms with Crippen molar-refractivity contribution in [1.29, 1.82) is 0 Å². The topological polar surface area (TPSA) is 44.4 Å². The Morgan fingerprint density at radius 3 is 0.949 bits per heavy atom.